The molecule has 0 unspecified atom stereocenters. The summed E-state index contributed by atoms with van der Waals surface area (Å²) < 4.78 is 42.6. The van der Waals surface area contributed by atoms with Gasteiger partial charge in [-0.2, -0.15) is 13.2 Å². The molecule has 2 aromatic rings. The van der Waals surface area contributed by atoms with Crippen LogP contribution in [0.3, 0.4) is 0 Å². The van der Waals surface area contributed by atoms with E-state index in [2.05, 4.69) is 24.3 Å². The lowest BCUT2D eigenvalue weighted by atomic mass is 9.78. The predicted octanol–water partition coefficient (Wildman–Crippen LogP) is 6.58. The van der Waals surface area contributed by atoms with Crippen molar-refractivity contribution in [1.82, 2.24) is 0 Å². The van der Waals surface area contributed by atoms with Gasteiger partial charge in [-0.15, -0.1) is 0 Å². The zero-order chi connectivity index (χ0) is 20.9. The van der Waals surface area contributed by atoms with Crippen molar-refractivity contribution in [3.63, 3.8) is 0 Å². The maximum absolute atomic E-state index is 12.5. The Balaban J connectivity index is 1.61. The van der Waals surface area contributed by atoms with Gasteiger partial charge in [0.2, 0.25) is 0 Å². The second-order valence-electron chi connectivity index (χ2n) is 7.52. The number of carbonyl (C=O) groups is 1. The normalized spacial score (nSPS) is 20.1. The lowest BCUT2D eigenvalue weighted by Crippen LogP contribution is -2.22. The van der Waals surface area contributed by atoms with E-state index >= 15 is 0 Å². The molecule has 1 aliphatic carbocycles. The van der Waals surface area contributed by atoms with Crippen LogP contribution in [0.5, 0.6) is 0 Å². The van der Waals surface area contributed by atoms with E-state index in [4.69, 9.17) is 4.74 Å². The molecule has 1 saturated carbocycles. The molecule has 0 atom stereocenters. The van der Waals surface area contributed by atoms with Crippen molar-refractivity contribution in [3.05, 3.63) is 71.8 Å². The van der Waals surface area contributed by atoms with Crippen molar-refractivity contribution in [3.8, 4) is 11.1 Å². The van der Waals surface area contributed by atoms with Gasteiger partial charge in [0.05, 0.1) is 6.61 Å². The van der Waals surface area contributed by atoms with Gasteiger partial charge < -0.3 is 4.74 Å². The Bertz CT molecular complexity index is 828. The molecule has 2 aromatic carbocycles. The Kier molecular flexibility index (Phi) is 6.91. The van der Waals surface area contributed by atoms with E-state index in [-0.39, 0.29) is 5.56 Å². The topological polar surface area (TPSA) is 26.3 Å². The van der Waals surface area contributed by atoms with Crippen molar-refractivity contribution in [2.24, 2.45) is 5.92 Å². The van der Waals surface area contributed by atoms with Gasteiger partial charge >= 0.3 is 6.18 Å². The van der Waals surface area contributed by atoms with Gasteiger partial charge in [-0.05, 0) is 54.2 Å². The molecule has 154 valence electrons. The first-order chi connectivity index (χ1) is 13.9. The molecule has 0 spiro atoms. The highest BCUT2D eigenvalue weighted by Crippen LogP contribution is 2.37. The van der Waals surface area contributed by atoms with Crippen LogP contribution >= 0.6 is 0 Å². The van der Waals surface area contributed by atoms with Crippen LogP contribution in [0.15, 0.2) is 60.7 Å². The van der Waals surface area contributed by atoms with E-state index in [0.29, 0.717) is 18.4 Å². The van der Waals surface area contributed by atoms with E-state index in [1.165, 1.54) is 30.5 Å². The number of allylic oxidation sites excluding steroid dienone is 1. The summed E-state index contributed by atoms with van der Waals surface area (Å²) in [4.78, 5) is 11.3. The molecular weight excluding hydrogens is 377 g/mol. The van der Waals surface area contributed by atoms with Gasteiger partial charge in [-0.3, -0.25) is 4.79 Å². The average molecular weight is 402 g/mol. The Morgan fingerprint density at radius 1 is 0.966 bits per heavy atom. The quantitative estimate of drug-likeness (QED) is 0.403. The van der Waals surface area contributed by atoms with Crippen molar-refractivity contribution >= 4 is 5.78 Å². The van der Waals surface area contributed by atoms with Crippen LogP contribution < -0.4 is 0 Å². The van der Waals surface area contributed by atoms with Crippen LogP contribution in [-0.4, -0.2) is 25.7 Å². The molecule has 29 heavy (non-hydrogen) atoms. The Morgan fingerprint density at radius 2 is 1.52 bits per heavy atom. The molecule has 0 amide bonds. The van der Waals surface area contributed by atoms with Crippen LogP contribution in [0, 0.1) is 5.92 Å². The van der Waals surface area contributed by atoms with Gasteiger partial charge in [0.15, 0.2) is 0 Å². The van der Waals surface area contributed by atoms with E-state index < -0.39 is 12.0 Å². The van der Waals surface area contributed by atoms with Gasteiger partial charge in [0.25, 0.3) is 5.78 Å². The molecule has 2 nitrogen and oxygen atoms in total. The Morgan fingerprint density at radius 3 is 2.03 bits per heavy atom. The third-order valence-electron chi connectivity index (χ3n) is 5.56. The maximum atomic E-state index is 12.5. The summed E-state index contributed by atoms with van der Waals surface area (Å²) in [5, 5.41) is 0. The number of halogens is 3. The monoisotopic (exact) mass is 402 g/mol. The molecular formula is C24H25F3O2. The molecule has 3 rings (SSSR count). The first kappa shape index (κ1) is 21.3. The number of carbonyl (C=O) groups excluding carboxylic acids is 1. The second kappa shape index (κ2) is 9.40. The number of alkyl halides is 3. The molecule has 0 aliphatic heterocycles. The molecule has 5 heteroatoms. The smallest absolute Gasteiger partial charge is 0.381 e. The SMILES string of the molecule is COC/C=C/[C@H]1CC[C@H](c2ccc(-c3ccc(C(=O)C(F)(F)F)cc3)cc2)CC1. The highest BCUT2D eigenvalue weighted by molar-refractivity contribution is 6.00. The van der Waals surface area contributed by atoms with Crippen LogP contribution in [0.2, 0.25) is 0 Å². The van der Waals surface area contributed by atoms with Gasteiger partial charge in [-0.1, -0.05) is 60.7 Å². The summed E-state index contributed by atoms with van der Waals surface area (Å²) in [6.45, 7) is 0.659. The summed E-state index contributed by atoms with van der Waals surface area (Å²) >= 11 is 0. The minimum Gasteiger partial charge on any atom is -0.381 e. The van der Waals surface area contributed by atoms with Crippen molar-refractivity contribution in [1.29, 1.82) is 0 Å². The minimum absolute atomic E-state index is 0.339. The van der Waals surface area contributed by atoms with E-state index in [0.717, 1.165) is 24.0 Å². The standard InChI is InChI=1S/C24H25F3O2/c1-29-16-2-3-17-4-6-18(7-5-17)19-8-10-20(11-9-19)21-12-14-22(15-13-21)23(28)24(25,26)27/h2-3,8-15,17-18H,4-7,16H2,1H3/b3-2+/t17-,18-. The second-order valence-corrected chi connectivity index (χ2v) is 7.52. The van der Waals surface area contributed by atoms with Crippen LogP contribution in [0.4, 0.5) is 13.2 Å². The lowest BCUT2D eigenvalue weighted by Gasteiger charge is -2.27. The number of hydrogen-bond acceptors (Lipinski definition) is 2. The van der Waals surface area contributed by atoms with E-state index in [1.807, 2.05) is 12.1 Å². The summed E-state index contributed by atoms with van der Waals surface area (Å²) in [5.41, 5.74) is 2.68. The molecule has 0 saturated heterocycles. The molecule has 0 N–H and O–H groups in total. The fourth-order valence-corrected chi connectivity index (χ4v) is 3.91. The Hall–Kier alpha value is -2.40. The number of methoxy groups -OCH3 is 1. The van der Waals surface area contributed by atoms with Gasteiger partial charge in [-0.25, -0.2) is 0 Å². The number of Topliss-reactive ketones (excluding diaryl/α,β-unsaturated/α-hetero) is 1. The van der Waals surface area contributed by atoms with Crippen LogP contribution in [0.1, 0.15) is 47.5 Å². The molecule has 0 aromatic heterocycles. The molecule has 1 fully saturated rings. The highest BCUT2D eigenvalue weighted by atomic mass is 19.4. The molecule has 0 bridgehead atoms. The largest absolute Gasteiger partial charge is 0.454 e. The first-order valence-electron chi connectivity index (χ1n) is 9.86. The number of hydrogen-bond donors (Lipinski definition) is 0. The van der Waals surface area contributed by atoms with Crippen molar-refractivity contribution in [2.45, 2.75) is 37.8 Å². The highest BCUT2D eigenvalue weighted by Gasteiger charge is 2.39. The van der Waals surface area contributed by atoms with Crippen molar-refractivity contribution < 1.29 is 22.7 Å². The first-order valence-corrected chi connectivity index (χ1v) is 9.86. The zero-order valence-electron chi connectivity index (χ0n) is 16.4. The fraction of sp³-hybridized carbons (Fsp3) is 0.375. The maximum Gasteiger partial charge on any atom is 0.454 e. The van der Waals surface area contributed by atoms with Crippen LogP contribution in [0.25, 0.3) is 11.1 Å². The Labute approximate surface area is 169 Å². The fourth-order valence-electron chi connectivity index (χ4n) is 3.91. The van der Waals surface area contributed by atoms with Gasteiger partial charge in [0.1, 0.15) is 0 Å². The summed E-state index contributed by atoms with van der Waals surface area (Å²) in [6, 6.07) is 13.8. The summed E-state index contributed by atoms with van der Waals surface area (Å²) in [6.07, 6.45) is 4.14. The van der Waals surface area contributed by atoms with Gasteiger partial charge in [0, 0.05) is 12.7 Å². The predicted molar refractivity (Wildman–Crippen MR) is 108 cm³/mol. The third-order valence-corrected chi connectivity index (χ3v) is 5.56. The molecule has 0 heterocycles. The van der Waals surface area contributed by atoms with E-state index in [1.54, 1.807) is 19.2 Å². The molecule has 0 radical (unpaired) electrons. The number of benzene rings is 2. The lowest BCUT2D eigenvalue weighted by molar-refractivity contribution is -0.0885. The third kappa shape index (κ3) is 5.57. The zero-order valence-corrected chi connectivity index (χ0v) is 16.4. The average Bonchev–Trinajstić information content (AvgIpc) is 2.73. The van der Waals surface area contributed by atoms with Crippen molar-refractivity contribution in [2.75, 3.05) is 13.7 Å². The number of ketones is 1. The number of ether oxygens (including phenoxy) is 1. The summed E-state index contributed by atoms with van der Waals surface area (Å²) in [7, 11) is 1.70. The molecule has 1 aliphatic rings. The minimum atomic E-state index is -4.85. The number of rotatable bonds is 6. The van der Waals surface area contributed by atoms with Crippen LogP contribution in [-0.2, 0) is 4.74 Å². The van der Waals surface area contributed by atoms with E-state index in [9.17, 15) is 18.0 Å². The summed E-state index contributed by atoms with van der Waals surface area (Å²) in [5.74, 6) is -0.645.